The van der Waals surface area contributed by atoms with Gasteiger partial charge in [0.15, 0.2) is 0 Å². The van der Waals surface area contributed by atoms with Gasteiger partial charge in [-0.1, -0.05) is 30.5 Å². The van der Waals surface area contributed by atoms with E-state index in [1.54, 1.807) is 0 Å². The van der Waals surface area contributed by atoms with Gasteiger partial charge in [-0.2, -0.15) is 4.39 Å². The van der Waals surface area contributed by atoms with Crippen molar-refractivity contribution < 1.29 is 22.3 Å². The molecule has 7 nitrogen and oxygen atoms in total. The van der Waals surface area contributed by atoms with E-state index in [-0.39, 0.29) is 29.5 Å². The third kappa shape index (κ3) is 5.79. The molecule has 4 rings (SSSR count). The minimum Gasteiger partial charge on any atom is -0.396 e. The normalized spacial score (nSPS) is 23.7. The molecule has 0 amide bonds. The van der Waals surface area contributed by atoms with Crippen LogP contribution in [0.5, 0.6) is 0 Å². The first kappa shape index (κ1) is 25.1. The Hall–Kier alpha value is -2.01. The van der Waals surface area contributed by atoms with Gasteiger partial charge < -0.3 is 10.4 Å². The summed E-state index contributed by atoms with van der Waals surface area (Å²) in [5.74, 6) is -1.60. The number of likely N-dealkylation sites (tertiary alicyclic amines) is 1. The van der Waals surface area contributed by atoms with Gasteiger partial charge in [0.2, 0.25) is 5.95 Å². The van der Waals surface area contributed by atoms with E-state index in [0.717, 1.165) is 69.8 Å². The second kappa shape index (κ2) is 10.7. The Morgan fingerprint density at radius 3 is 2.74 bits per heavy atom. The summed E-state index contributed by atoms with van der Waals surface area (Å²) in [5.41, 5.74) is 0.338. The van der Waals surface area contributed by atoms with E-state index in [1.165, 1.54) is 12.1 Å². The highest BCUT2D eigenvalue weighted by atomic mass is 35.5. The van der Waals surface area contributed by atoms with Gasteiger partial charge in [-0.05, 0) is 62.4 Å². The monoisotopic (exact) mass is 514 g/mol. The summed E-state index contributed by atoms with van der Waals surface area (Å²) in [5, 5.41) is 12.7. The SMILES string of the molecule is O=S(=O)(Nc1cccc(F)n1)c1cc(Cl)c(N[C@H]2CCCC[C@@H]2N2CC[C@@H](CCO)C2)cc1F. The summed E-state index contributed by atoms with van der Waals surface area (Å²) in [6, 6.07) is 6.11. The van der Waals surface area contributed by atoms with Crippen molar-refractivity contribution in [2.75, 3.05) is 29.7 Å². The van der Waals surface area contributed by atoms with Gasteiger partial charge in [-0.15, -0.1) is 0 Å². The predicted molar refractivity (Wildman–Crippen MR) is 127 cm³/mol. The van der Waals surface area contributed by atoms with Crippen LogP contribution < -0.4 is 10.0 Å². The molecule has 3 N–H and O–H groups in total. The lowest BCUT2D eigenvalue weighted by molar-refractivity contribution is 0.166. The van der Waals surface area contributed by atoms with Crippen LogP contribution in [0.4, 0.5) is 20.3 Å². The van der Waals surface area contributed by atoms with Crippen LogP contribution in [-0.4, -0.2) is 55.2 Å². The highest BCUT2D eigenvalue weighted by Gasteiger charge is 2.35. The summed E-state index contributed by atoms with van der Waals surface area (Å²) in [7, 11) is -4.36. The van der Waals surface area contributed by atoms with E-state index in [2.05, 4.69) is 19.9 Å². The molecule has 186 valence electrons. The van der Waals surface area contributed by atoms with Crippen molar-refractivity contribution in [3.63, 3.8) is 0 Å². The summed E-state index contributed by atoms with van der Waals surface area (Å²) in [4.78, 5) is 5.25. The lowest BCUT2D eigenvalue weighted by atomic mass is 9.89. The molecule has 2 aromatic rings. The summed E-state index contributed by atoms with van der Waals surface area (Å²) >= 11 is 6.39. The van der Waals surface area contributed by atoms with E-state index < -0.39 is 26.7 Å². The Balaban J connectivity index is 1.51. The van der Waals surface area contributed by atoms with Crippen molar-refractivity contribution in [2.24, 2.45) is 5.92 Å². The molecule has 0 bridgehead atoms. The second-order valence-corrected chi connectivity index (χ2v) is 11.0. The number of nitrogens with one attached hydrogen (secondary N) is 2. The number of sulfonamides is 1. The smallest absolute Gasteiger partial charge is 0.266 e. The Kier molecular flexibility index (Phi) is 7.91. The van der Waals surface area contributed by atoms with Crippen molar-refractivity contribution in [1.82, 2.24) is 9.88 Å². The standard InChI is InChI=1S/C23H29ClF2N4O3S/c24-16-12-21(34(32,33)29-23-7-3-6-22(26)28-23)17(25)13-19(16)27-18-4-1-2-5-20(18)30-10-8-15(14-30)9-11-31/h3,6-7,12-13,15,18,20,27,31H,1-2,4-5,8-11,14H2,(H,28,29)/t15-,18-,20-/m0/s1. The van der Waals surface area contributed by atoms with Crippen molar-refractivity contribution in [1.29, 1.82) is 0 Å². The minimum absolute atomic E-state index is 0.0515. The Morgan fingerprint density at radius 1 is 1.18 bits per heavy atom. The first-order chi connectivity index (χ1) is 16.3. The molecule has 2 heterocycles. The van der Waals surface area contributed by atoms with Crippen LogP contribution >= 0.6 is 11.6 Å². The fourth-order valence-corrected chi connectivity index (χ4v) is 6.37. The molecule has 3 atom stereocenters. The number of aromatic nitrogens is 1. The average Bonchev–Trinajstić information content (AvgIpc) is 3.25. The van der Waals surface area contributed by atoms with E-state index in [0.29, 0.717) is 11.6 Å². The van der Waals surface area contributed by atoms with Gasteiger partial charge in [-0.25, -0.2) is 17.8 Å². The fourth-order valence-electron chi connectivity index (χ4n) is 5.00. The number of aliphatic hydroxyl groups is 1. The van der Waals surface area contributed by atoms with Gasteiger partial charge in [0.25, 0.3) is 10.0 Å². The van der Waals surface area contributed by atoms with Crippen molar-refractivity contribution in [3.8, 4) is 0 Å². The molecular weight excluding hydrogens is 486 g/mol. The minimum atomic E-state index is -4.36. The second-order valence-electron chi connectivity index (χ2n) is 8.98. The number of rotatable bonds is 8. The van der Waals surface area contributed by atoms with E-state index in [9.17, 15) is 22.3 Å². The van der Waals surface area contributed by atoms with Crippen LogP contribution in [-0.2, 0) is 10.0 Å². The third-order valence-corrected chi connectivity index (χ3v) is 8.34. The zero-order valence-corrected chi connectivity index (χ0v) is 20.3. The number of pyridine rings is 1. The van der Waals surface area contributed by atoms with Crippen LogP contribution in [0.2, 0.25) is 5.02 Å². The van der Waals surface area contributed by atoms with Crippen LogP contribution in [0.1, 0.15) is 38.5 Å². The van der Waals surface area contributed by atoms with Crippen LogP contribution in [0, 0.1) is 17.7 Å². The van der Waals surface area contributed by atoms with E-state index in [1.807, 2.05) is 0 Å². The van der Waals surface area contributed by atoms with Crippen molar-refractivity contribution in [3.05, 3.63) is 47.1 Å². The number of benzene rings is 1. The molecule has 1 aliphatic heterocycles. The fraction of sp³-hybridized carbons (Fsp3) is 0.522. The predicted octanol–water partition coefficient (Wildman–Crippen LogP) is 4.24. The number of hydrogen-bond acceptors (Lipinski definition) is 6. The first-order valence-corrected chi connectivity index (χ1v) is 13.4. The molecule has 1 saturated heterocycles. The van der Waals surface area contributed by atoms with Gasteiger partial charge >= 0.3 is 0 Å². The van der Waals surface area contributed by atoms with Crippen LogP contribution in [0.15, 0.2) is 35.2 Å². The molecular formula is C23H29ClF2N4O3S. The number of anilines is 2. The molecule has 0 spiro atoms. The largest absolute Gasteiger partial charge is 0.396 e. The molecule has 1 aromatic carbocycles. The van der Waals surface area contributed by atoms with Gasteiger partial charge in [0.1, 0.15) is 16.5 Å². The van der Waals surface area contributed by atoms with Gasteiger partial charge in [0, 0.05) is 25.2 Å². The highest BCUT2D eigenvalue weighted by Crippen LogP contribution is 2.34. The van der Waals surface area contributed by atoms with E-state index in [4.69, 9.17) is 11.6 Å². The summed E-state index contributed by atoms with van der Waals surface area (Å²) in [6.45, 7) is 2.09. The quantitative estimate of drug-likeness (QED) is 0.456. The average molecular weight is 515 g/mol. The maximum atomic E-state index is 14.9. The summed E-state index contributed by atoms with van der Waals surface area (Å²) in [6.07, 6.45) is 5.92. The Bertz CT molecular complexity index is 1120. The first-order valence-electron chi connectivity index (χ1n) is 11.5. The Morgan fingerprint density at radius 2 is 1.97 bits per heavy atom. The Labute approximate surface area is 203 Å². The van der Waals surface area contributed by atoms with Crippen LogP contribution in [0.3, 0.4) is 0 Å². The molecule has 0 radical (unpaired) electrons. The highest BCUT2D eigenvalue weighted by molar-refractivity contribution is 7.92. The number of halogens is 3. The number of aliphatic hydroxyl groups excluding tert-OH is 1. The zero-order chi connectivity index (χ0) is 24.3. The van der Waals surface area contributed by atoms with E-state index >= 15 is 0 Å². The topological polar surface area (TPSA) is 94.6 Å². The molecule has 1 aromatic heterocycles. The van der Waals surface area contributed by atoms with Crippen molar-refractivity contribution in [2.45, 2.75) is 55.5 Å². The van der Waals surface area contributed by atoms with Crippen LogP contribution in [0.25, 0.3) is 0 Å². The van der Waals surface area contributed by atoms with Gasteiger partial charge in [-0.3, -0.25) is 9.62 Å². The maximum absolute atomic E-state index is 14.9. The lowest BCUT2D eigenvalue weighted by Crippen LogP contribution is -2.48. The molecule has 0 unspecified atom stereocenters. The molecule has 1 aliphatic carbocycles. The number of hydrogen-bond donors (Lipinski definition) is 3. The lowest BCUT2D eigenvalue weighted by Gasteiger charge is -2.39. The molecule has 11 heteroatoms. The zero-order valence-electron chi connectivity index (χ0n) is 18.7. The maximum Gasteiger partial charge on any atom is 0.266 e. The van der Waals surface area contributed by atoms with Gasteiger partial charge in [0.05, 0.1) is 10.7 Å². The molecule has 34 heavy (non-hydrogen) atoms. The molecule has 1 saturated carbocycles. The van der Waals surface area contributed by atoms with Crippen molar-refractivity contribution >= 4 is 33.1 Å². The third-order valence-electron chi connectivity index (χ3n) is 6.66. The molecule has 2 aliphatic rings. The summed E-state index contributed by atoms with van der Waals surface area (Å²) < 4.78 is 55.7. The number of nitrogens with zero attached hydrogens (tertiary/aromatic N) is 2. The molecule has 2 fully saturated rings.